The van der Waals surface area contributed by atoms with Gasteiger partial charge in [-0.15, -0.1) is 0 Å². The summed E-state index contributed by atoms with van der Waals surface area (Å²) >= 11 is 0. The maximum absolute atomic E-state index is 13.4. The first-order valence-corrected chi connectivity index (χ1v) is 10.5. The lowest BCUT2D eigenvalue weighted by Gasteiger charge is -2.19. The molecule has 30 heavy (non-hydrogen) atoms. The van der Waals surface area contributed by atoms with Gasteiger partial charge in [-0.05, 0) is 50.3 Å². The molecule has 0 spiro atoms. The maximum atomic E-state index is 13.4. The summed E-state index contributed by atoms with van der Waals surface area (Å²) in [5.74, 6) is 2.47. The van der Waals surface area contributed by atoms with E-state index >= 15 is 0 Å². The third kappa shape index (κ3) is 3.24. The maximum Gasteiger partial charge on any atom is 0.257 e. The van der Waals surface area contributed by atoms with Crippen molar-refractivity contribution in [1.29, 1.82) is 0 Å². The number of amides is 1. The number of aromatic nitrogens is 3. The normalized spacial score (nSPS) is 18.4. The zero-order valence-electron chi connectivity index (χ0n) is 17.1. The van der Waals surface area contributed by atoms with Gasteiger partial charge in [0.25, 0.3) is 5.91 Å². The fraction of sp³-hybridized carbons (Fsp3) is 0.391. The van der Waals surface area contributed by atoms with Gasteiger partial charge in [0.1, 0.15) is 23.7 Å². The van der Waals surface area contributed by atoms with Crippen LogP contribution in [0.5, 0.6) is 0 Å². The van der Waals surface area contributed by atoms with Crippen molar-refractivity contribution in [3.8, 4) is 11.1 Å². The molecule has 3 aromatic heterocycles. The van der Waals surface area contributed by atoms with Crippen LogP contribution in [0.3, 0.4) is 0 Å². The molecule has 2 aliphatic rings. The van der Waals surface area contributed by atoms with Gasteiger partial charge >= 0.3 is 0 Å². The van der Waals surface area contributed by atoms with Crippen molar-refractivity contribution < 1.29 is 9.21 Å². The van der Waals surface area contributed by atoms with Gasteiger partial charge in [-0.1, -0.05) is 0 Å². The smallest absolute Gasteiger partial charge is 0.257 e. The molecule has 1 atom stereocenters. The lowest BCUT2D eigenvalue weighted by molar-refractivity contribution is 0.0788. The number of carbonyl (C=O) groups excluding carboxylic acids is 1. The number of nitrogens with two attached hydrogens (primary N) is 1. The number of hydrogen-bond acceptors (Lipinski definition) is 6. The van der Waals surface area contributed by atoms with E-state index in [0.717, 1.165) is 71.6 Å². The molecule has 0 radical (unpaired) electrons. The summed E-state index contributed by atoms with van der Waals surface area (Å²) in [7, 11) is 0. The zero-order valence-corrected chi connectivity index (χ0v) is 17.1. The minimum absolute atomic E-state index is 0.0886. The van der Waals surface area contributed by atoms with Crippen LogP contribution in [-0.2, 0) is 12.8 Å². The number of hydrogen-bond donors (Lipinski definition) is 1. The Balaban J connectivity index is 1.41. The van der Waals surface area contributed by atoms with Crippen molar-refractivity contribution in [2.24, 2.45) is 0 Å². The first-order chi connectivity index (χ1) is 14.6. The molecular formula is C23H25N5O2. The van der Waals surface area contributed by atoms with Crippen LogP contribution in [0.2, 0.25) is 0 Å². The van der Waals surface area contributed by atoms with Gasteiger partial charge in [-0.3, -0.25) is 4.79 Å². The topological polar surface area (TPSA) is 98.1 Å². The Hall–Kier alpha value is -3.22. The fourth-order valence-electron chi connectivity index (χ4n) is 4.81. The number of nitrogen functional groups attached to an aromatic ring is 1. The zero-order chi connectivity index (χ0) is 20.7. The van der Waals surface area contributed by atoms with Crippen LogP contribution < -0.4 is 5.73 Å². The lowest BCUT2D eigenvalue weighted by atomic mass is 9.94. The second-order valence-corrected chi connectivity index (χ2v) is 8.17. The number of likely N-dealkylation sites (tertiary alicyclic amines) is 1. The van der Waals surface area contributed by atoms with Gasteiger partial charge in [0.2, 0.25) is 0 Å². The van der Waals surface area contributed by atoms with E-state index in [0.29, 0.717) is 18.9 Å². The Morgan fingerprint density at radius 3 is 3.00 bits per heavy atom. The van der Waals surface area contributed by atoms with Crippen LogP contribution in [0.15, 0.2) is 35.3 Å². The molecule has 1 unspecified atom stereocenters. The van der Waals surface area contributed by atoms with E-state index in [1.807, 2.05) is 30.2 Å². The molecule has 1 aliphatic heterocycles. The van der Waals surface area contributed by atoms with E-state index in [1.165, 1.54) is 0 Å². The number of aryl methyl sites for hydroxylation is 2. The molecule has 0 aromatic carbocycles. The molecule has 3 aromatic rings. The predicted molar refractivity (Wildman–Crippen MR) is 113 cm³/mol. The van der Waals surface area contributed by atoms with Crippen LogP contribution in [0, 0.1) is 6.92 Å². The quantitative estimate of drug-likeness (QED) is 0.718. The molecule has 1 aliphatic carbocycles. The van der Waals surface area contributed by atoms with E-state index in [2.05, 4.69) is 15.0 Å². The first kappa shape index (κ1) is 18.8. The Kier molecular flexibility index (Phi) is 4.73. The van der Waals surface area contributed by atoms with Crippen molar-refractivity contribution in [2.75, 3.05) is 18.8 Å². The minimum atomic E-state index is 0.0886. The van der Waals surface area contributed by atoms with E-state index in [1.54, 1.807) is 12.5 Å². The summed E-state index contributed by atoms with van der Waals surface area (Å²) in [5, 5.41) is 0. The molecular weight excluding hydrogens is 378 g/mol. The molecule has 4 heterocycles. The Morgan fingerprint density at radius 2 is 2.13 bits per heavy atom. The second-order valence-electron chi connectivity index (χ2n) is 8.17. The van der Waals surface area contributed by atoms with E-state index < -0.39 is 0 Å². The summed E-state index contributed by atoms with van der Waals surface area (Å²) in [6.45, 7) is 3.27. The summed E-state index contributed by atoms with van der Waals surface area (Å²) in [4.78, 5) is 28.2. The number of furan rings is 1. The molecule has 154 valence electrons. The van der Waals surface area contributed by atoms with E-state index in [-0.39, 0.29) is 11.8 Å². The van der Waals surface area contributed by atoms with Crippen molar-refractivity contribution >= 4 is 11.7 Å². The van der Waals surface area contributed by atoms with Gasteiger partial charge in [0, 0.05) is 48.9 Å². The summed E-state index contributed by atoms with van der Waals surface area (Å²) in [6.07, 6.45) is 10.1. The third-order valence-corrected chi connectivity index (χ3v) is 6.26. The standard InChI is InChI=1S/C23H25N5O2/c1-14-21(17-4-2-3-5-19(17)30-14)23(29)28-9-7-16(12-28)22-18(11-25-13-27-22)15-6-8-26-20(24)10-15/h6,8,10-11,13,16H,2-5,7,9,12H2,1H3,(H2,24,26). The minimum Gasteiger partial charge on any atom is -0.465 e. The SMILES string of the molecule is Cc1oc2c(c1C(=O)N1CCC(c3ncncc3-c3ccnc(N)c3)C1)CCCC2. The number of fused-ring (bicyclic) bond motifs is 1. The van der Waals surface area contributed by atoms with Gasteiger partial charge in [-0.2, -0.15) is 0 Å². The van der Waals surface area contributed by atoms with Crippen LogP contribution in [0.1, 0.15) is 58.3 Å². The highest BCUT2D eigenvalue weighted by atomic mass is 16.3. The molecule has 7 nitrogen and oxygen atoms in total. The molecule has 7 heteroatoms. The first-order valence-electron chi connectivity index (χ1n) is 10.5. The van der Waals surface area contributed by atoms with Crippen molar-refractivity contribution in [3.63, 3.8) is 0 Å². The highest BCUT2D eigenvalue weighted by Crippen LogP contribution is 2.36. The Morgan fingerprint density at radius 1 is 1.27 bits per heavy atom. The third-order valence-electron chi connectivity index (χ3n) is 6.26. The molecule has 2 N–H and O–H groups in total. The monoisotopic (exact) mass is 403 g/mol. The molecule has 5 rings (SSSR count). The number of carbonyl (C=O) groups is 1. The number of pyridine rings is 1. The fourth-order valence-corrected chi connectivity index (χ4v) is 4.81. The highest BCUT2D eigenvalue weighted by Gasteiger charge is 2.34. The summed E-state index contributed by atoms with van der Waals surface area (Å²) < 4.78 is 5.93. The van der Waals surface area contributed by atoms with Crippen LogP contribution in [-0.4, -0.2) is 38.8 Å². The van der Waals surface area contributed by atoms with Crippen LogP contribution in [0.25, 0.3) is 11.1 Å². The largest absolute Gasteiger partial charge is 0.465 e. The molecule has 0 saturated carbocycles. The molecule has 1 saturated heterocycles. The van der Waals surface area contributed by atoms with Gasteiger partial charge in [-0.25, -0.2) is 15.0 Å². The Bertz CT molecular complexity index is 1110. The summed E-state index contributed by atoms with van der Waals surface area (Å²) in [5.41, 5.74) is 10.6. The molecule has 0 bridgehead atoms. The Labute approximate surface area is 175 Å². The van der Waals surface area contributed by atoms with E-state index in [4.69, 9.17) is 10.2 Å². The highest BCUT2D eigenvalue weighted by molar-refractivity contribution is 5.97. The van der Waals surface area contributed by atoms with Crippen molar-refractivity contribution in [3.05, 3.63) is 59.2 Å². The lowest BCUT2D eigenvalue weighted by Crippen LogP contribution is -2.29. The van der Waals surface area contributed by atoms with Gasteiger partial charge < -0.3 is 15.1 Å². The summed E-state index contributed by atoms with van der Waals surface area (Å²) in [6, 6.07) is 3.75. The van der Waals surface area contributed by atoms with Gasteiger partial charge in [0.15, 0.2) is 0 Å². The number of nitrogens with zero attached hydrogens (tertiary/aromatic N) is 4. The number of anilines is 1. The average molecular weight is 403 g/mol. The molecule has 1 amide bonds. The van der Waals surface area contributed by atoms with Crippen LogP contribution >= 0.6 is 0 Å². The van der Waals surface area contributed by atoms with Crippen molar-refractivity contribution in [1.82, 2.24) is 19.9 Å². The van der Waals surface area contributed by atoms with Crippen LogP contribution in [0.4, 0.5) is 5.82 Å². The van der Waals surface area contributed by atoms with Crippen molar-refractivity contribution in [2.45, 2.75) is 44.9 Å². The average Bonchev–Trinajstić information content (AvgIpc) is 3.37. The molecule has 1 fully saturated rings. The second kappa shape index (κ2) is 7.55. The van der Waals surface area contributed by atoms with Gasteiger partial charge in [0.05, 0.1) is 11.3 Å². The number of rotatable bonds is 3. The predicted octanol–water partition coefficient (Wildman–Crippen LogP) is 3.53. The van der Waals surface area contributed by atoms with E-state index in [9.17, 15) is 4.79 Å².